The fourth-order valence-corrected chi connectivity index (χ4v) is 0.274. The van der Waals surface area contributed by atoms with Gasteiger partial charge in [0.05, 0.1) is 0 Å². The highest BCUT2D eigenvalue weighted by atomic mass is 16.1. The second-order valence-electron chi connectivity index (χ2n) is 3.76. The highest BCUT2D eigenvalue weighted by molar-refractivity contribution is 5.48. The molecule has 0 aromatic rings. The zero-order valence-corrected chi connectivity index (χ0v) is 9.61. The minimum absolute atomic E-state index is 0.750. The molecular formula is C10H22N2O. The number of carbonyl (C=O) groups is 1. The quantitative estimate of drug-likeness (QED) is 0.627. The second-order valence-corrected chi connectivity index (χ2v) is 3.76. The van der Waals surface area contributed by atoms with Crippen LogP contribution in [0.4, 0.5) is 0 Å². The number of nitrogens with zero attached hydrogens (tertiary/aromatic N) is 2. The van der Waals surface area contributed by atoms with Gasteiger partial charge in [-0.15, -0.1) is 0 Å². The molecule has 0 aliphatic heterocycles. The van der Waals surface area contributed by atoms with Crippen molar-refractivity contribution in [3.05, 3.63) is 12.4 Å². The maximum Gasteiger partial charge on any atom is 0.213 e. The van der Waals surface area contributed by atoms with E-state index < -0.39 is 0 Å². The van der Waals surface area contributed by atoms with Gasteiger partial charge in [0.25, 0.3) is 0 Å². The van der Waals surface area contributed by atoms with E-state index in [4.69, 9.17) is 0 Å². The molecule has 0 bridgehead atoms. The average Bonchev–Trinajstić information content (AvgIpc) is 1.99. The van der Waals surface area contributed by atoms with Crippen LogP contribution in [0.2, 0.25) is 0 Å². The fourth-order valence-electron chi connectivity index (χ4n) is 0.274. The number of amides is 1. The highest BCUT2D eigenvalue weighted by Gasteiger charge is 1.81. The predicted octanol–water partition coefficient (Wildman–Crippen LogP) is 1.77. The van der Waals surface area contributed by atoms with Crippen molar-refractivity contribution in [2.45, 2.75) is 20.8 Å². The Kier molecular flexibility index (Phi) is 10.2. The first-order valence-corrected chi connectivity index (χ1v) is 4.42. The normalized spacial score (nSPS) is 9.46. The number of hydrogen-bond acceptors (Lipinski definition) is 2. The van der Waals surface area contributed by atoms with Crippen molar-refractivity contribution in [3.63, 3.8) is 0 Å². The molecule has 3 heteroatoms. The van der Waals surface area contributed by atoms with Crippen LogP contribution >= 0.6 is 0 Å². The molecule has 3 nitrogen and oxygen atoms in total. The van der Waals surface area contributed by atoms with Crippen molar-refractivity contribution in [1.29, 1.82) is 0 Å². The number of rotatable bonds is 3. The van der Waals surface area contributed by atoms with E-state index in [1.165, 1.54) is 4.90 Å². The van der Waals surface area contributed by atoms with E-state index in [9.17, 15) is 4.79 Å². The number of carbonyl (C=O) groups excluding carboxylic acids is 1. The smallest absolute Gasteiger partial charge is 0.213 e. The molecule has 0 N–H and O–H groups in total. The maximum atomic E-state index is 9.97. The number of hydrogen-bond donors (Lipinski definition) is 0. The van der Waals surface area contributed by atoms with Crippen molar-refractivity contribution >= 4 is 6.41 Å². The summed E-state index contributed by atoms with van der Waals surface area (Å²) in [6, 6.07) is 0. The van der Waals surface area contributed by atoms with Gasteiger partial charge in [0, 0.05) is 33.5 Å². The molecule has 0 aromatic heterocycles. The van der Waals surface area contributed by atoms with Gasteiger partial charge >= 0.3 is 0 Å². The third kappa shape index (κ3) is 24.7. The Balaban J connectivity index is 0. The minimum Gasteiger partial charge on any atom is -0.382 e. The molecule has 0 aromatic carbocycles. The largest absolute Gasteiger partial charge is 0.382 e. The Labute approximate surface area is 82.0 Å². The fraction of sp³-hybridized carbons (Fsp3) is 0.700. The summed E-state index contributed by atoms with van der Waals surface area (Å²) in [7, 11) is 5.48. The van der Waals surface area contributed by atoms with Crippen LogP contribution in [0.15, 0.2) is 12.4 Å². The van der Waals surface area contributed by atoms with E-state index in [0.29, 0.717) is 0 Å². The standard InChI is InChI=1S/C6H12N2O.C4H10/c1-7(2)4-5-8(3)6-9;1-4(2)3/h4-6H,1-3H3;4H,1-3H3/b5-4-;. The molecule has 0 saturated carbocycles. The Morgan fingerprint density at radius 2 is 1.38 bits per heavy atom. The Morgan fingerprint density at radius 3 is 1.62 bits per heavy atom. The van der Waals surface area contributed by atoms with E-state index in [1.807, 2.05) is 19.0 Å². The van der Waals surface area contributed by atoms with Crippen molar-refractivity contribution in [2.24, 2.45) is 5.92 Å². The first-order chi connectivity index (χ1) is 5.90. The summed E-state index contributed by atoms with van der Waals surface area (Å²) in [6.07, 6.45) is 4.24. The molecule has 0 atom stereocenters. The lowest BCUT2D eigenvalue weighted by molar-refractivity contribution is -0.115. The lowest BCUT2D eigenvalue weighted by atomic mass is 10.3. The molecule has 0 spiro atoms. The van der Waals surface area contributed by atoms with Gasteiger partial charge < -0.3 is 9.80 Å². The van der Waals surface area contributed by atoms with Crippen LogP contribution in [0.1, 0.15) is 20.8 Å². The van der Waals surface area contributed by atoms with Gasteiger partial charge in [-0.25, -0.2) is 0 Å². The summed E-state index contributed by atoms with van der Waals surface area (Å²) in [4.78, 5) is 13.3. The third-order valence-electron chi connectivity index (χ3n) is 0.766. The Bertz CT molecular complexity index is 139. The Hall–Kier alpha value is -0.990. The molecule has 1 amide bonds. The molecule has 78 valence electrons. The molecule has 0 unspecified atom stereocenters. The molecule has 0 aliphatic rings. The van der Waals surface area contributed by atoms with Crippen LogP contribution in [0.25, 0.3) is 0 Å². The van der Waals surface area contributed by atoms with Crippen LogP contribution in [-0.4, -0.2) is 37.4 Å². The molecule has 13 heavy (non-hydrogen) atoms. The minimum atomic E-state index is 0.750. The summed E-state index contributed by atoms with van der Waals surface area (Å²) in [5, 5.41) is 0. The first kappa shape index (κ1) is 14.5. The van der Waals surface area contributed by atoms with Gasteiger partial charge in [-0.2, -0.15) is 0 Å². The Morgan fingerprint density at radius 1 is 1.00 bits per heavy atom. The molecule has 0 aliphatic carbocycles. The van der Waals surface area contributed by atoms with Crippen LogP contribution in [0.3, 0.4) is 0 Å². The third-order valence-corrected chi connectivity index (χ3v) is 0.766. The van der Waals surface area contributed by atoms with E-state index in [-0.39, 0.29) is 0 Å². The summed E-state index contributed by atoms with van der Waals surface area (Å²) in [6.45, 7) is 6.50. The average molecular weight is 186 g/mol. The highest BCUT2D eigenvalue weighted by Crippen LogP contribution is 1.81. The first-order valence-electron chi connectivity index (χ1n) is 4.42. The lowest BCUT2D eigenvalue weighted by Crippen LogP contribution is -2.09. The molecular weight excluding hydrogens is 164 g/mol. The van der Waals surface area contributed by atoms with Crippen LogP contribution in [0.5, 0.6) is 0 Å². The molecule has 0 fully saturated rings. The SMILES string of the molecule is CC(C)C.CN(C)/C=C\N(C)C=O. The van der Waals surface area contributed by atoms with Gasteiger partial charge in [0.1, 0.15) is 0 Å². The van der Waals surface area contributed by atoms with Crippen LogP contribution < -0.4 is 0 Å². The van der Waals surface area contributed by atoms with Gasteiger partial charge in [0.15, 0.2) is 0 Å². The van der Waals surface area contributed by atoms with Gasteiger partial charge in [0.2, 0.25) is 6.41 Å². The molecule has 0 heterocycles. The van der Waals surface area contributed by atoms with Crippen molar-refractivity contribution in [1.82, 2.24) is 9.80 Å². The van der Waals surface area contributed by atoms with Crippen molar-refractivity contribution < 1.29 is 4.79 Å². The molecule has 0 rings (SSSR count). The van der Waals surface area contributed by atoms with E-state index >= 15 is 0 Å². The second kappa shape index (κ2) is 9.10. The van der Waals surface area contributed by atoms with Gasteiger partial charge in [-0.1, -0.05) is 20.8 Å². The topological polar surface area (TPSA) is 23.6 Å². The van der Waals surface area contributed by atoms with Crippen LogP contribution in [0, 0.1) is 5.92 Å². The maximum absolute atomic E-state index is 9.97. The van der Waals surface area contributed by atoms with Crippen LogP contribution in [-0.2, 0) is 4.79 Å². The molecule has 0 saturated heterocycles. The zero-order chi connectivity index (χ0) is 10.9. The van der Waals surface area contributed by atoms with E-state index in [1.54, 1.807) is 19.4 Å². The van der Waals surface area contributed by atoms with Crippen molar-refractivity contribution in [3.8, 4) is 0 Å². The van der Waals surface area contributed by atoms with Gasteiger partial charge in [-0.3, -0.25) is 4.79 Å². The summed E-state index contributed by atoms with van der Waals surface area (Å²) in [5.74, 6) is 0.833. The summed E-state index contributed by atoms with van der Waals surface area (Å²) in [5.41, 5.74) is 0. The van der Waals surface area contributed by atoms with Crippen molar-refractivity contribution in [2.75, 3.05) is 21.1 Å². The van der Waals surface area contributed by atoms with Gasteiger partial charge in [-0.05, 0) is 5.92 Å². The predicted molar refractivity (Wildman–Crippen MR) is 57.2 cm³/mol. The van der Waals surface area contributed by atoms with E-state index in [0.717, 1.165) is 12.3 Å². The van der Waals surface area contributed by atoms with E-state index in [2.05, 4.69) is 20.8 Å². The molecule has 0 radical (unpaired) electrons. The summed E-state index contributed by atoms with van der Waals surface area (Å²) >= 11 is 0. The zero-order valence-electron chi connectivity index (χ0n) is 9.61. The monoisotopic (exact) mass is 186 g/mol. The lowest BCUT2D eigenvalue weighted by Gasteiger charge is -2.06. The summed E-state index contributed by atoms with van der Waals surface area (Å²) < 4.78 is 0.